The summed E-state index contributed by atoms with van der Waals surface area (Å²) in [6.07, 6.45) is 7.70. The number of hydrogen-bond donors (Lipinski definition) is 2. The average molecular weight is 502 g/mol. The maximum absolute atomic E-state index is 11.2. The van der Waals surface area contributed by atoms with Crippen molar-refractivity contribution < 1.29 is 18.8 Å². The smallest absolute Gasteiger partial charge is 0.227 e. The lowest BCUT2D eigenvalue weighted by molar-refractivity contribution is 0.269. The number of benzene rings is 1. The number of nitrogens with zero attached hydrogens (tertiary/aromatic N) is 4. The van der Waals surface area contributed by atoms with Gasteiger partial charge < -0.3 is 19.9 Å². The van der Waals surface area contributed by atoms with E-state index in [1.165, 1.54) is 0 Å². The van der Waals surface area contributed by atoms with Gasteiger partial charge in [-0.25, -0.2) is 9.97 Å². The summed E-state index contributed by atoms with van der Waals surface area (Å²) < 4.78 is 25.4. The third-order valence-electron chi connectivity index (χ3n) is 5.11. The summed E-state index contributed by atoms with van der Waals surface area (Å²) in [6.45, 7) is 3.00. The van der Waals surface area contributed by atoms with Crippen molar-refractivity contribution >= 4 is 44.0 Å². The van der Waals surface area contributed by atoms with E-state index in [9.17, 15) is 4.21 Å². The van der Waals surface area contributed by atoms with Crippen LogP contribution in [0.5, 0.6) is 11.5 Å². The molecule has 3 aromatic heterocycles. The number of methoxy groups -OCH3 is 1. The predicted octanol–water partition coefficient (Wildman–Crippen LogP) is 3.76. The number of nitrogens with one attached hydrogen (secondary N) is 1. The van der Waals surface area contributed by atoms with Gasteiger partial charge in [0.15, 0.2) is 0 Å². The van der Waals surface area contributed by atoms with Crippen LogP contribution in [0, 0.1) is 6.92 Å². The number of aliphatic hydroxyl groups excluding tert-OH is 1. The Morgan fingerprint density at radius 3 is 2.91 bits per heavy atom. The zero-order valence-electron chi connectivity index (χ0n) is 19.3. The maximum atomic E-state index is 11.2. The molecule has 0 amide bonds. The minimum absolute atomic E-state index is 0.0203. The second-order valence-electron chi connectivity index (χ2n) is 7.62. The van der Waals surface area contributed by atoms with Crippen molar-refractivity contribution in [1.29, 1.82) is 0 Å². The summed E-state index contributed by atoms with van der Waals surface area (Å²) >= 11 is 1.63. The summed E-state index contributed by atoms with van der Waals surface area (Å²) in [4.78, 5) is 10.3. The highest BCUT2D eigenvalue weighted by Gasteiger charge is 2.18. The monoisotopic (exact) mass is 501 g/mol. The Hall–Kier alpha value is -3.02. The van der Waals surface area contributed by atoms with Crippen LogP contribution >= 0.6 is 11.3 Å². The molecule has 0 fully saturated rings. The fourth-order valence-corrected chi connectivity index (χ4v) is 5.10. The van der Waals surface area contributed by atoms with Crippen molar-refractivity contribution in [3.05, 3.63) is 41.7 Å². The standard InChI is InChI=1S/C23H27N5O4S2/c1-15-21(18-6-5-17(11-19(18)31-2)32-9-4-10-34(3)30)22-20(33-15)13-24-23(27-22)26-16-12-25-28(14-16)7-8-29/h5-6,11-14,29H,4,7-10H2,1-3H3,(H,24,26,27). The second kappa shape index (κ2) is 10.9. The molecule has 4 rings (SSSR count). The van der Waals surface area contributed by atoms with E-state index in [0.717, 1.165) is 38.3 Å². The van der Waals surface area contributed by atoms with Crippen molar-refractivity contribution in [1.82, 2.24) is 19.7 Å². The quantitative estimate of drug-likeness (QED) is 0.299. The first-order chi connectivity index (χ1) is 16.5. The van der Waals surface area contributed by atoms with Crippen LogP contribution in [0.2, 0.25) is 0 Å². The van der Waals surface area contributed by atoms with Gasteiger partial charge in [0.1, 0.15) is 11.5 Å². The van der Waals surface area contributed by atoms with E-state index < -0.39 is 10.8 Å². The highest BCUT2D eigenvalue weighted by Crippen LogP contribution is 2.42. The van der Waals surface area contributed by atoms with Gasteiger partial charge >= 0.3 is 0 Å². The van der Waals surface area contributed by atoms with Gasteiger partial charge in [0, 0.05) is 51.1 Å². The van der Waals surface area contributed by atoms with Gasteiger partial charge in [0.05, 0.1) is 55.2 Å². The zero-order chi connectivity index (χ0) is 24.1. The SMILES string of the molecule is COc1cc(OCCCS(C)=O)ccc1-c1c(C)sc2cnc(Nc3cnn(CCO)c3)nc12. The summed E-state index contributed by atoms with van der Waals surface area (Å²) in [5.74, 6) is 2.48. The lowest BCUT2D eigenvalue weighted by Gasteiger charge is -2.12. The first-order valence-corrected chi connectivity index (χ1v) is 13.3. The number of aryl methyl sites for hydroxylation is 1. The Kier molecular flexibility index (Phi) is 7.76. The van der Waals surface area contributed by atoms with Gasteiger partial charge in [-0.2, -0.15) is 5.10 Å². The topological polar surface area (TPSA) is 111 Å². The molecular formula is C23H27N5O4S2. The molecule has 1 unspecified atom stereocenters. The Labute approximate surface area is 204 Å². The van der Waals surface area contributed by atoms with Crippen molar-refractivity contribution in [3.63, 3.8) is 0 Å². The van der Waals surface area contributed by atoms with Crippen LogP contribution in [-0.4, -0.2) is 61.4 Å². The highest BCUT2D eigenvalue weighted by molar-refractivity contribution is 7.84. The average Bonchev–Trinajstić information content (AvgIpc) is 3.39. The van der Waals surface area contributed by atoms with Crippen LogP contribution in [0.15, 0.2) is 36.8 Å². The lowest BCUT2D eigenvalue weighted by Crippen LogP contribution is -2.03. The van der Waals surface area contributed by atoms with Gasteiger partial charge in [-0.15, -0.1) is 11.3 Å². The highest BCUT2D eigenvalue weighted by atomic mass is 32.2. The van der Waals surface area contributed by atoms with Crippen LogP contribution in [0.1, 0.15) is 11.3 Å². The Morgan fingerprint density at radius 1 is 1.29 bits per heavy atom. The van der Waals surface area contributed by atoms with Gasteiger partial charge in [0.25, 0.3) is 0 Å². The van der Waals surface area contributed by atoms with Crippen LogP contribution in [0.25, 0.3) is 21.3 Å². The zero-order valence-corrected chi connectivity index (χ0v) is 20.9. The van der Waals surface area contributed by atoms with Crippen molar-refractivity contribution in [2.45, 2.75) is 19.9 Å². The number of anilines is 2. The molecule has 0 aliphatic rings. The molecule has 4 aromatic rings. The van der Waals surface area contributed by atoms with Gasteiger partial charge in [-0.3, -0.25) is 8.89 Å². The molecule has 0 saturated heterocycles. The fourth-order valence-electron chi connectivity index (χ4n) is 3.59. The van der Waals surface area contributed by atoms with Gasteiger partial charge in [-0.05, 0) is 25.5 Å². The summed E-state index contributed by atoms with van der Waals surface area (Å²) in [5.41, 5.74) is 3.49. The summed E-state index contributed by atoms with van der Waals surface area (Å²) in [5, 5.41) is 16.5. The molecule has 3 heterocycles. The molecule has 2 N–H and O–H groups in total. The molecule has 0 spiro atoms. The third kappa shape index (κ3) is 5.54. The molecule has 1 aromatic carbocycles. The molecule has 0 bridgehead atoms. The van der Waals surface area contributed by atoms with E-state index >= 15 is 0 Å². The summed E-state index contributed by atoms with van der Waals surface area (Å²) in [7, 11) is 0.817. The number of aliphatic hydroxyl groups is 1. The molecule has 34 heavy (non-hydrogen) atoms. The molecule has 11 heteroatoms. The normalized spacial score (nSPS) is 12.1. The van der Waals surface area contributed by atoms with E-state index in [-0.39, 0.29) is 6.61 Å². The van der Waals surface area contributed by atoms with Gasteiger partial charge in [0.2, 0.25) is 5.95 Å². The lowest BCUT2D eigenvalue weighted by atomic mass is 10.0. The predicted molar refractivity (Wildman–Crippen MR) is 136 cm³/mol. The summed E-state index contributed by atoms with van der Waals surface area (Å²) in [6, 6.07) is 5.77. The van der Waals surface area contributed by atoms with Crippen LogP contribution < -0.4 is 14.8 Å². The molecule has 0 saturated carbocycles. The molecule has 0 aliphatic carbocycles. The largest absolute Gasteiger partial charge is 0.496 e. The Morgan fingerprint density at radius 2 is 2.15 bits per heavy atom. The number of aromatic nitrogens is 4. The number of ether oxygens (including phenoxy) is 2. The van der Waals surface area contributed by atoms with E-state index in [1.807, 2.05) is 24.4 Å². The van der Waals surface area contributed by atoms with Crippen LogP contribution in [0.4, 0.5) is 11.6 Å². The van der Waals surface area contributed by atoms with Crippen molar-refractivity contribution in [2.75, 3.05) is 37.6 Å². The first kappa shape index (κ1) is 24.1. The van der Waals surface area contributed by atoms with Crippen LogP contribution in [0.3, 0.4) is 0 Å². The fraction of sp³-hybridized carbons (Fsp3) is 0.348. The van der Waals surface area contributed by atoms with Crippen molar-refractivity contribution in [3.8, 4) is 22.6 Å². The molecule has 9 nitrogen and oxygen atoms in total. The van der Waals surface area contributed by atoms with Gasteiger partial charge in [-0.1, -0.05) is 0 Å². The number of thiophene rings is 1. The number of rotatable bonds is 11. The minimum Gasteiger partial charge on any atom is -0.496 e. The number of hydrogen-bond acceptors (Lipinski definition) is 9. The van der Waals surface area contributed by atoms with E-state index in [2.05, 4.69) is 22.3 Å². The minimum atomic E-state index is -0.820. The number of fused-ring (bicyclic) bond motifs is 1. The van der Waals surface area contributed by atoms with Crippen molar-refractivity contribution in [2.24, 2.45) is 0 Å². The Bertz CT molecular complexity index is 1300. The van der Waals surface area contributed by atoms with Crippen LogP contribution in [-0.2, 0) is 17.3 Å². The third-order valence-corrected chi connectivity index (χ3v) is 7.01. The molecule has 1 atom stereocenters. The maximum Gasteiger partial charge on any atom is 0.227 e. The second-order valence-corrected chi connectivity index (χ2v) is 10.4. The first-order valence-electron chi connectivity index (χ1n) is 10.8. The molecule has 0 radical (unpaired) electrons. The van der Waals surface area contributed by atoms with E-state index in [1.54, 1.807) is 41.8 Å². The molecule has 180 valence electrons. The van der Waals surface area contributed by atoms with E-state index in [4.69, 9.17) is 19.6 Å². The Balaban J connectivity index is 1.61. The molecule has 0 aliphatic heterocycles. The van der Waals surface area contributed by atoms with E-state index in [0.29, 0.717) is 36.4 Å². The molecular weight excluding hydrogens is 474 g/mol.